The number of carbonyl (C=O) groups excluding carboxylic acids is 2. The molecule has 2 aromatic rings. The van der Waals surface area contributed by atoms with Gasteiger partial charge in [0.05, 0.1) is 0 Å². The van der Waals surface area contributed by atoms with Gasteiger partial charge in [0.1, 0.15) is 0 Å². The molecule has 0 bridgehead atoms. The number of hydrogen-bond donors (Lipinski definition) is 0. The van der Waals surface area contributed by atoms with Crippen molar-refractivity contribution < 1.29 is 9.59 Å². The van der Waals surface area contributed by atoms with Gasteiger partial charge in [-0.3, -0.25) is 9.59 Å². The molecule has 0 saturated carbocycles. The molecule has 0 spiro atoms. The van der Waals surface area contributed by atoms with E-state index in [9.17, 15) is 9.59 Å². The molecule has 2 aromatic carbocycles. The van der Waals surface area contributed by atoms with E-state index in [1.807, 2.05) is 36.4 Å². The summed E-state index contributed by atoms with van der Waals surface area (Å²) in [6.45, 7) is 3.19. The highest BCUT2D eigenvalue weighted by atomic mass is 16.1. The second-order valence-electron chi connectivity index (χ2n) is 5.31. The van der Waals surface area contributed by atoms with Crippen LogP contribution >= 0.6 is 0 Å². The van der Waals surface area contributed by atoms with Crippen molar-refractivity contribution >= 4 is 11.6 Å². The molecule has 1 aliphatic carbocycles. The summed E-state index contributed by atoms with van der Waals surface area (Å²) in [4.78, 5) is 22.9. The highest BCUT2D eigenvalue weighted by molar-refractivity contribution is 5.98. The highest BCUT2D eigenvalue weighted by Gasteiger charge is 2.23. The van der Waals surface area contributed by atoms with E-state index in [0.717, 1.165) is 29.5 Å². The van der Waals surface area contributed by atoms with E-state index in [4.69, 9.17) is 0 Å². The molecule has 0 aromatic heterocycles. The maximum atomic E-state index is 11.6. The molecule has 2 heteroatoms. The van der Waals surface area contributed by atoms with Crippen molar-refractivity contribution in [2.75, 3.05) is 0 Å². The topological polar surface area (TPSA) is 34.1 Å². The molecule has 0 fully saturated rings. The normalized spacial score (nSPS) is 12.5. The lowest BCUT2D eigenvalue weighted by molar-refractivity contribution is 0.100. The Kier molecular flexibility index (Phi) is 3.01. The fourth-order valence-electron chi connectivity index (χ4n) is 2.82. The van der Waals surface area contributed by atoms with Crippen LogP contribution in [0.2, 0.25) is 0 Å². The molecule has 0 unspecified atom stereocenters. The molecule has 0 N–H and O–H groups in total. The molecular weight excluding hydrogens is 248 g/mol. The van der Waals surface area contributed by atoms with Gasteiger partial charge in [0.15, 0.2) is 11.6 Å². The summed E-state index contributed by atoms with van der Waals surface area (Å²) in [5.41, 5.74) is 6.37. The molecule has 0 aliphatic heterocycles. The van der Waals surface area contributed by atoms with Crippen LogP contribution in [0.5, 0.6) is 0 Å². The van der Waals surface area contributed by atoms with Gasteiger partial charge in [0, 0.05) is 11.1 Å². The van der Waals surface area contributed by atoms with Crippen LogP contribution in [-0.4, -0.2) is 11.6 Å². The third-order valence-corrected chi connectivity index (χ3v) is 4.04. The first-order valence-corrected chi connectivity index (χ1v) is 6.85. The van der Waals surface area contributed by atoms with Gasteiger partial charge in [-0.2, -0.15) is 0 Å². The number of carbonyl (C=O) groups is 2. The highest BCUT2D eigenvalue weighted by Crippen LogP contribution is 2.36. The number of Topliss-reactive ketones (excluding diaryl/α,β-unsaturated/α-hetero) is 2. The molecule has 20 heavy (non-hydrogen) atoms. The minimum Gasteiger partial charge on any atom is -0.295 e. The van der Waals surface area contributed by atoms with Gasteiger partial charge in [0.25, 0.3) is 0 Å². The summed E-state index contributed by atoms with van der Waals surface area (Å²) in [5.74, 6) is 0.218. The smallest absolute Gasteiger partial charge is 0.160 e. The van der Waals surface area contributed by atoms with Crippen LogP contribution in [0.4, 0.5) is 0 Å². The Morgan fingerprint density at radius 1 is 0.800 bits per heavy atom. The van der Waals surface area contributed by atoms with Crippen molar-refractivity contribution in [3.05, 3.63) is 58.7 Å². The summed E-state index contributed by atoms with van der Waals surface area (Å²) < 4.78 is 0. The van der Waals surface area contributed by atoms with Crippen LogP contribution < -0.4 is 0 Å². The number of ketones is 2. The van der Waals surface area contributed by atoms with E-state index in [1.54, 1.807) is 13.8 Å². The van der Waals surface area contributed by atoms with Crippen molar-refractivity contribution in [2.24, 2.45) is 0 Å². The van der Waals surface area contributed by atoms with Gasteiger partial charge in [-0.15, -0.1) is 0 Å². The molecule has 0 atom stereocenters. The summed E-state index contributed by atoms with van der Waals surface area (Å²) in [6, 6.07) is 11.6. The summed E-state index contributed by atoms with van der Waals surface area (Å²) >= 11 is 0. The van der Waals surface area contributed by atoms with Crippen LogP contribution in [-0.2, 0) is 12.8 Å². The van der Waals surface area contributed by atoms with Crippen molar-refractivity contribution in [1.29, 1.82) is 0 Å². The zero-order valence-electron chi connectivity index (χ0n) is 11.7. The lowest BCUT2D eigenvalue weighted by Gasteiger charge is -2.25. The van der Waals surface area contributed by atoms with Crippen molar-refractivity contribution in [1.82, 2.24) is 0 Å². The van der Waals surface area contributed by atoms with E-state index >= 15 is 0 Å². The monoisotopic (exact) mass is 264 g/mol. The maximum Gasteiger partial charge on any atom is 0.160 e. The van der Waals surface area contributed by atoms with Gasteiger partial charge in [-0.05, 0) is 48.9 Å². The molecule has 1 aliphatic rings. The van der Waals surface area contributed by atoms with Crippen LogP contribution in [0.25, 0.3) is 11.1 Å². The lowest BCUT2D eigenvalue weighted by Crippen LogP contribution is -2.15. The Bertz CT molecular complexity index is 709. The standard InChI is InChI=1S/C18H16O2/c1-11(19)13-3-5-14(6-4-13)16-8-7-15(12(2)20)17-9-10-18(16)17/h3-8H,9-10H2,1-2H3. The molecule has 0 radical (unpaired) electrons. The first-order valence-electron chi connectivity index (χ1n) is 6.85. The zero-order valence-corrected chi connectivity index (χ0v) is 11.7. The van der Waals surface area contributed by atoms with E-state index in [-0.39, 0.29) is 11.6 Å². The Balaban J connectivity index is 2.05. The van der Waals surface area contributed by atoms with Gasteiger partial charge in [0.2, 0.25) is 0 Å². The fraction of sp³-hybridized carbons (Fsp3) is 0.222. The average molecular weight is 264 g/mol. The van der Waals surface area contributed by atoms with Gasteiger partial charge < -0.3 is 0 Å². The first kappa shape index (κ1) is 12.8. The first-order chi connectivity index (χ1) is 9.58. The third-order valence-electron chi connectivity index (χ3n) is 4.04. The Hall–Kier alpha value is -2.22. The zero-order chi connectivity index (χ0) is 14.3. The van der Waals surface area contributed by atoms with Gasteiger partial charge in [-0.1, -0.05) is 36.4 Å². The predicted octanol–water partition coefficient (Wildman–Crippen LogP) is 3.86. The molecule has 3 rings (SSSR count). The number of benzene rings is 2. The lowest BCUT2D eigenvalue weighted by atomic mass is 9.79. The largest absolute Gasteiger partial charge is 0.295 e. The van der Waals surface area contributed by atoms with E-state index in [1.165, 1.54) is 16.7 Å². The van der Waals surface area contributed by atoms with Crippen LogP contribution in [0.3, 0.4) is 0 Å². The van der Waals surface area contributed by atoms with E-state index in [0.29, 0.717) is 0 Å². The maximum absolute atomic E-state index is 11.6. The van der Waals surface area contributed by atoms with Crippen molar-refractivity contribution in [3.8, 4) is 11.1 Å². The Labute approximate surface area is 118 Å². The molecule has 0 amide bonds. The fourth-order valence-corrected chi connectivity index (χ4v) is 2.82. The quantitative estimate of drug-likeness (QED) is 0.789. The van der Waals surface area contributed by atoms with Gasteiger partial charge in [-0.25, -0.2) is 0 Å². The third kappa shape index (κ3) is 1.97. The molecular formula is C18H16O2. The van der Waals surface area contributed by atoms with Crippen molar-refractivity contribution in [2.45, 2.75) is 26.7 Å². The summed E-state index contributed by atoms with van der Waals surface area (Å²) in [7, 11) is 0. The number of fused-ring (bicyclic) bond motifs is 1. The van der Waals surface area contributed by atoms with Crippen LogP contribution in [0, 0.1) is 0 Å². The number of hydrogen-bond acceptors (Lipinski definition) is 2. The molecule has 2 nitrogen and oxygen atoms in total. The molecule has 0 heterocycles. The summed E-state index contributed by atoms with van der Waals surface area (Å²) in [5, 5.41) is 0. The second kappa shape index (κ2) is 4.71. The Morgan fingerprint density at radius 2 is 1.45 bits per heavy atom. The average Bonchev–Trinajstić information content (AvgIpc) is 2.39. The van der Waals surface area contributed by atoms with Crippen LogP contribution in [0.1, 0.15) is 45.7 Å². The van der Waals surface area contributed by atoms with Crippen LogP contribution in [0.15, 0.2) is 36.4 Å². The predicted molar refractivity (Wildman–Crippen MR) is 79.3 cm³/mol. The molecule has 100 valence electrons. The van der Waals surface area contributed by atoms with E-state index in [2.05, 4.69) is 0 Å². The van der Waals surface area contributed by atoms with Crippen molar-refractivity contribution in [3.63, 3.8) is 0 Å². The second-order valence-corrected chi connectivity index (χ2v) is 5.31. The Morgan fingerprint density at radius 3 is 1.95 bits per heavy atom. The minimum atomic E-state index is 0.0801. The SMILES string of the molecule is CC(=O)c1ccc(-c2ccc(C(C)=O)c3c2CC3)cc1. The minimum absolute atomic E-state index is 0.0801. The molecule has 0 saturated heterocycles. The number of rotatable bonds is 3. The summed E-state index contributed by atoms with van der Waals surface area (Å²) in [6.07, 6.45) is 2.02. The van der Waals surface area contributed by atoms with E-state index < -0.39 is 0 Å². The van der Waals surface area contributed by atoms with Gasteiger partial charge >= 0.3 is 0 Å².